The highest BCUT2D eigenvalue weighted by molar-refractivity contribution is 6.18. The average Bonchev–Trinajstić information content (AvgIpc) is 2.41. The Balaban J connectivity index is 2.90. The van der Waals surface area contributed by atoms with E-state index in [1.54, 1.807) is 6.92 Å². The number of hydrogen-bond donors (Lipinski definition) is 0. The fourth-order valence-corrected chi connectivity index (χ4v) is 2.82. The van der Waals surface area contributed by atoms with Gasteiger partial charge in [0.2, 0.25) is 0 Å². The molecule has 0 amide bonds. The van der Waals surface area contributed by atoms with Crippen LogP contribution < -0.4 is 0 Å². The van der Waals surface area contributed by atoms with E-state index >= 15 is 0 Å². The molecule has 2 nitrogen and oxygen atoms in total. The summed E-state index contributed by atoms with van der Waals surface area (Å²) < 4.78 is 5.15. The van der Waals surface area contributed by atoms with Crippen LogP contribution >= 0.6 is 23.2 Å². The maximum Gasteiger partial charge on any atom is 0.333 e. The summed E-state index contributed by atoms with van der Waals surface area (Å²) in [4.78, 5) is 11.4. The van der Waals surface area contributed by atoms with E-state index in [4.69, 9.17) is 27.9 Å². The van der Waals surface area contributed by atoms with E-state index in [-0.39, 0.29) is 5.97 Å². The largest absolute Gasteiger partial charge is 0.462 e. The van der Waals surface area contributed by atoms with Gasteiger partial charge in [-0.3, -0.25) is 0 Å². The summed E-state index contributed by atoms with van der Waals surface area (Å²) in [6, 6.07) is 2.06. The summed E-state index contributed by atoms with van der Waals surface area (Å²) in [7, 11) is 0. The first-order chi connectivity index (χ1) is 9.42. The van der Waals surface area contributed by atoms with Crippen LogP contribution in [0.15, 0.2) is 18.2 Å². The second-order valence-electron chi connectivity index (χ2n) is 4.87. The minimum atomic E-state index is -0.352. The maximum atomic E-state index is 11.4. The second-order valence-corrected chi connectivity index (χ2v) is 5.40. The van der Waals surface area contributed by atoms with Gasteiger partial charge < -0.3 is 4.74 Å². The highest BCUT2D eigenvalue weighted by atomic mass is 35.5. The van der Waals surface area contributed by atoms with Crippen LogP contribution in [0, 0.1) is 13.8 Å². The molecule has 0 bridgehead atoms. The van der Waals surface area contributed by atoms with Crippen LogP contribution in [0.1, 0.15) is 34.7 Å². The Hall–Kier alpha value is -0.990. The van der Waals surface area contributed by atoms with Gasteiger partial charge in [0, 0.05) is 23.8 Å². The van der Waals surface area contributed by atoms with Crippen molar-refractivity contribution in [1.82, 2.24) is 0 Å². The van der Waals surface area contributed by atoms with Crippen molar-refractivity contribution in [3.05, 3.63) is 46.0 Å². The summed E-state index contributed by atoms with van der Waals surface area (Å²) >= 11 is 12.0. The Labute approximate surface area is 130 Å². The predicted molar refractivity (Wildman–Crippen MR) is 84.5 cm³/mol. The molecule has 0 N–H and O–H groups in total. The molecule has 0 heterocycles. The molecule has 0 aliphatic carbocycles. The van der Waals surface area contributed by atoms with E-state index < -0.39 is 0 Å². The Bertz CT molecular complexity index is 522. The summed E-state index contributed by atoms with van der Waals surface area (Å²) in [5, 5.41) is 0. The number of rotatable bonds is 6. The van der Waals surface area contributed by atoms with Crippen molar-refractivity contribution in [3.63, 3.8) is 0 Å². The normalized spacial score (nSPS) is 10.4. The van der Waals surface area contributed by atoms with E-state index in [9.17, 15) is 4.79 Å². The topological polar surface area (TPSA) is 26.3 Å². The maximum absolute atomic E-state index is 11.4. The van der Waals surface area contributed by atoms with Gasteiger partial charge in [-0.25, -0.2) is 4.79 Å². The first-order valence-electron chi connectivity index (χ1n) is 6.47. The van der Waals surface area contributed by atoms with Crippen molar-refractivity contribution < 1.29 is 9.53 Å². The van der Waals surface area contributed by atoms with E-state index in [1.165, 1.54) is 5.56 Å². The molecule has 0 spiro atoms. The fraction of sp³-hybridized carbons (Fsp3) is 0.438. The van der Waals surface area contributed by atoms with Crippen LogP contribution in [0.3, 0.4) is 0 Å². The Morgan fingerprint density at radius 3 is 2.40 bits per heavy atom. The van der Waals surface area contributed by atoms with Crippen molar-refractivity contribution in [2.24, 2.45) is 0 Å². The molecule has 4 heteroatoms. The molecule has 110 valence electrons. The van der Waals surface area contributed by atoms with Gasteiger partial charge in [-0.05, 0) is 48.6 Å². The first kappa shape index (κ1) is 17.1. The van der Waals surface area contributed by atoms with Gasteiger partial charge in [-0.15, -0.1) is 23.2 Å². The minimum Gasteiger partial charge on any atom is -0.462 e. The Morgan fingerprint density at radius 1 is 1.25 bits per heavy atom. The zero-order valence-electron chi connectivity index (χ0n) is 12.2. The van der Waals surface area contributed by atoms with Crippen LogP contribution in [-0.2, 0) is 27.7 Å². The lowest BCUT2D eigenvalue weighted by molar-refractivity contribution is -0.138. The summed E-state index contributed by atoms with van der Waals surface area (Å²) in [6.45, 7) is 9.62. The van der Waals surface area contributed by atoms with E-state index in [1.807, 2.05) is 13.8 Å². The highest BCUT2D eigenvalue weighted by Gasteiger charge is 2.13. The number of esters is 1. The molecule has 1 aromatic rings. The molecule has 1 rings (SSSR count). The molecule has 0 aromatic heterocycles. The number of alkyl halides is 2. The van der Waals surface area contributed by atoms with Crippen molar-refractivity contribution in [1.29, 1.82) is 0 Å². The van der Waals surface area contributed by atoms with Gasteiger partial charge in [0.15, 0.2) is 0 Å². The molecule has 0 fully saturated rings. The van der Waals surface area contributed by atoms with Gasteiger partial charge >= 0.3 is 5.97 Å². The lowest BCUT2D eigenvalue weighted by Crippen LogP contribution is -2.10. The Kier molecular flexibility index (Phi) is 6.57. The minimum absolute atomic E-state index is 0.343. The quantitative estimate of drug-likeness (QED) is 0.441. The third kappa shape index (κ3) is 4.00. The number of hydrogen-bond acceptors (Lipinski definition) is 2. The number of benzene rings is 1. The zero-order valence-corrected chi connectivity index (χ0v) is 13.7. The van der Waals surface area contributed by atoms with Crippen molar-refractivity contribution in [2.75, 3.05) is 6.61 Å². The third-order valence-corrected chi connectivity index (χ3v) is 3.93. The Morgan fingerprint density at radius 2 is 1.90 bits per heavy atom. The van der Waals surface area contributed by atoms with E-state index in [0.29, 0.717) is 30.4 Å². The highest BCUT2D eigenvalue weighted by Crippen LogP contribution is 2.26. The average molecular weight is 315 g/mol. The molecule has 0 aliphatic heterocycles. The van der Waals surface area contributed by atoms with E-state index in [2.05, 4.69) is 12.6 Å². The van der Waals surface area contributed by atoms with Crippen LogP contribution in [0.2, 0.25) is 0 Å². The molecule has 20 heavy (non-hydrogen) atoms. The second kappa shape index (κ2) is 7.70. The zero-order chi connectivity index (χ0) is 15.3. The van der Waals surface area contributed by atoms with E-state index in [0.717, 1.165) is 22.3 Å². The van der Waals surface area contributed by atoms with Crippen LogP contribution in [0.5, 0.6) is 0 Å². The number of halogens is 2. The van der Waals surface area contributed by atoms with Gasteiger partial charge in [-0.2, -0.15) is 0 Å². The number of aryl methyl sites for hydroxylation is 1. The third-order valence-electron chi connectivity index (χ3n) is 3.37. The summed E-state index contributed by atoms with van der Waals surface area (Å²) in [5.74, 6) is 0.539. The molecule has 0 radical (unpaired) electrons. The molecule has 0 saturated heterocycles. The molecule has 0 aliphatic rings. The van der Waals surface area contributed by atoms with Crippen molar-refractivity contribution in [3.8, 4) is 0 Å². The molecular weight excluding hydrogens is 295 g/mol. The van der Waals surface area contributed by atoms with Gasteiger partial charge in [-0.1, -0.05) is 12.6 Å². The molecular formula is C16H20Cl2O2. The number of carbonyl (C=O) groups excluding carboxylic acids is 1. The lowest BCUT2D eigenvalue weighted by Gasteiger charge is -2.17. The van der Waals surface area contributed by atoms with Crippen LogP contribution in [-0.4, -0.2) is 12.6 Å². The predicted octanol–water partition coefficient (Wildman–Crippen LogP) is 4.44. The van der Waals surface area contributed by atoms with Gasteiger partial charge in [0.1, 0.15) is 0 Å². The van der Waals surface area contributed by atoms with Crippen molar-refractivity contribution >= 4 is 29.2 Å². The number of carbonyl (C=O) groups is 1. The number of ether oxygens (including phenoxy) is 1. The molecule has 0 saturated carbocycles. The van der Waals surface area contributed by atoms with Crippen LogP contribution in [0.25, 0.3) is 0 Å². The fourth-order valence-electron chi connectivity index (χ4n) is 2.21. The lowest BCUT2D eigenvalue weighted by atomic mass is 9.92. The van der Waals surface area contributed by atoms with Gasteiger partial charge in [0.05, 0.1) is 6.61 Å². The standard InChI is InChI=1S/C16H20Cl2O2/c1-10(2)16(19)20-6-5-14-11(3)7-13(8-17)15(9-18)12(14)4/h7H,1,5-6,8-9H2,2-4H3. The van der Waals surface area contributed by atoms with Crippen LogP contribution in [0.4, 0.5) is 0 Å². The molecule has 0 atom stereocenters. The smallest absolute Gasteiger partial charge is 0.333 e. The van der Waals surface area contributed by atoms with Gasteiger partial charge in [0.25, 0.3) is 0 Å². The first-order valence-corrected chi connectivity index (χ1v) is 7.54. The SMILES string of the molecule is C=C(C)C(=O)OCCc1c(C)cc(CCl)c(CCl)c1C. The molecule has 1 aromatic carbocycles. The summed E-state index contributed by atoms with van der Waals surface area (Å²) in [6.07, 6.45) is 0.670. The molecule has 0 unspecified atom stereocenters. The van der Waals surface area contributed by atoms with Crippen molar-refractivity contribution in [2.45, 2.75) is 39.0 Å². The monoisotopic (exact) mass is 314 g/mol. The summed E-state index contributed by atoms with van der Waals surface area (Å²) in [5.41, 5.74) is 6.02.